The third kappa shape index (κ3) is 5.33. The number of carbonyl (C=O) groups excluding carboxylic acids is 1. The van der Waals surface area contributed by atoms with E-state index in [4.69, 9.17) is 4.74 Å². The van der Waals surface area contributed by atoms with E-state index < -0.39 is 17.3 Å². The van der Waals surface area contributed by atoms with E-state index in [1.807, 2.05) is 69.3 Å². The number of carboxylic acid groups (broad SMARTS) is 1. The van der Waals surface area contributed by atoms with Crippen molar-refractivity contribution < 1.29 is 19.4 Å². The number of rotatable bonds is 8. The van der Waals surface area contributed by atoms with E-state index in [1.54, 1.807) is 7.11 Å². The minimum atomic E-state index is -0.918. The summed E-state index contributed by atoms with van der Waals surface area (Å²) in [4.78, 5) is 24.3. The Morgan fingerprint density at radius 1 is 1.15 bits per heavy atom. The fourth-order valence-electron chi connectivity index (χ4n) is 2.95. The summed E-state index contributed by atoms with van der Waals surface area (Å²) in [5, 5.41) is 12.3. The van der Waals surface area contributed by atoms with Crippen LogP contribution in [0.5, 0.6) is 5.75 Å². The minimum Gasteiger partial charge on any atom is -0.497 e. The normalized spacial score (nSPS) is 12.3. The highest BCUT2D eigenvalue weighted by molar-refractivity contribution is 5.87. The summed E-state index contributed by atoms with van der Waals surface area (Å²) in [7, 11) is 1.59. The molecule has 0 aliphatic rings. The molecule has 0 radical (unpaired) electrons. The number of benzene rings is 2. The van der Waals surface area contributed by atoms with Crippen LogP contribution in [0.4, 0.5) is 0 Å². The van der Waals surface area contributed by atoms with Crippen LogP contribution in [0.2, 0.25) is 0 Å². The maximum atomic E-state index is 12.7. The fourth-order valence-corrected chi connectivity index (χ4v) is 2.95. The van der Waals surface area contributed by atoms with E-state index in [0.717, 1.165) is 22.4 Å². The van der Waals surface area contributed by atoms with Crippen LogP contribution < -0.4 is 10.1 Å². The molecule has 2 N–H and O–H groups in total. The van der Waals surface area contributed by atoms with Crippen molar-refractivity contribution in [2.45, 2.75) is 32.6 Å². The Bertz CT molecular complexity index is 796. The topological polar surface area (TPSA) is 75.6 Å². The lowest BCUT2D eigenvalue weighted by Gasteiger charge is -2.25. The number of hydrogen-bond acceptors (Lipinski definition) is 3. The van der Waals surface area contributed by atoms with Gasteiger partial charge in [-0.1, -0.05) is 42.0 Å². The first-order valence-corrected chi connectivity index (χ1v) is 8.95. The molecule has 5 heteroatoms. The van der Waals surface area contributed by atoms with Crippen molar-refractivity contribution in [2.75, 3.05) is 13.7 Å². The summed E-state index contributed by atoms with van der Waals surface area (Å²) in [6.45, 7) is 5.70. The van der Waals surface area contributed by atoms with Crippen LogP contribution in [-0.4, -0.2) is 30.6 Å². The van der Waals surface area contributed by atoms with Crippen molar-refractivity contribution >= 4 is 11.9 Å². The van der Waals surface area contributed by atoms with Crippen LogP contribution in [0.25, 0.3) is 0 Å². The number of nitrogens with one attached hydrogen (secondary N) is 1. The molecule has 0 spiro atoms. The molecule has 0 aliphatic carbocycles. The van der Waals surface area contributed by atoms with Crippen molar-refractivity contribution in [1.29, 1.82) is 0 Å². The molecule has 0 bridgehead atoms. The first-order chi connectivity index (χ1) is 12.7. The van der Waals surface area contributed by atoms with Gasteiger partial charge in [0.15, 0.2) is 0 Å². The monoisotopic (exact) mass is 369 g/mol. The number of amides is 1. The van der Waals surface area contributed by atoms with Gasteiger partial charge in [0, 0.05) is 6.54 Å². The molecular weight excluding hydrogens is 342 g/mol. The van der Waals surface area contributed by atoms with Crippen molar-refractivity contribution in [3.8, 4) is 5.75 Å². The van der Waals surface area contributed by atoms with Gasteiger partial charge in [0.1, 0.15) is 5.75 Å². The lowest BCUT2D eigenvalue weighted by Crippen LogP contribution is -2.43. The largest absolute Gasteiger partial charge is 0.497 e. The van der Waals surface area contributed by atoms with Gasteiger partial charge in [0.2, 0.25) is 5.91 Å². The second-order valence-electron chi connectivity index (χ2n) is 7.29. The van der Waals surface area contributed by atoms with E-state index in [-0.39, 0.29) is 12.5 Å². The summed E-state index contributed by atoms with van der Waals surface area (Å²) in [5.74, 6) is -1.08. The van der Waals surface area contributed by atoms with Crippen LogP contribution in [0.15, 0.2) is 48.5 Å². The van der Waals surface area contributed by atoms with Gasteiger partial charge in [-0.05, 0) is 50.5 Å². The van der Waals surface area contributed by atoms with Crippen molar-refractivity contribution in [1.82, 2.24) is 5.32 Å². The first kappa shape index (κ1) is 20.5. The molecule has 27 heavy (non-hydrogen) atoms. The molecule has 0 aliphatic heterocycles. The minimum absolute atomic E-state index is 0.0850. The van der Waals surface area contributed by atoms with Crippen LogP contribution in [0.3, 0.4) is 0 Å². The number of carbonyl (C=O) groups is 2. The molecule has 5 nitrogen and oxygen atoms in total. The van der Waals surface area contributed by atoms with E-state index >= 15 is 0 Å². The molecule has 0 heterocycles. The number of aliphatic carboxylic acids is 1. The lowest BCUT2D eigenvalue weighted by atomic mass is 9.83. The smallest absolute Gasteiger partial charge is 0.308 e. The van der Waals surface area contributed by atoms with Crippen molar-refractivity contribution in [3.05, 3.63) is 65.2 Å². The van der Waals surface area contributed by atoms with Crippen molar-refractivity contribution in [3.63, 3.8) is 0 Å². The summed E-state index contributed by atoms with van der Waals surface area (Å²) in [6, 6.07) is 15.1. The number of ether oxygens (including phenoxy) is 1. The zero-order chi connectivity index (χ0) is 20.0. The lowest BCUT2D eigenvalue weighted by molar-refractivity contribution is -0.141. The first-order valence-electron chi connectivity index (χ1n) is 8.95. The Balaban J connectivity index is 2.04. The molecule has 2 rings (SSSR count). The Hall–Kier alpha value is -2.82. The van der Waals surface area contributed by atoms with Gasteiger partial charge in [-0.15, -0.1) is 0 Å². The van der Waals surface area contributed by atoms with Gasteiger partial charge in [-0.25, -0.2) is 0 Å². The molecule has 1 atom stereocenters. The van der Waals surface area contributed by atoms with Crippen LogP contribution in [0.1, 0.15) is 30.5 Å². The average Bonchev–Trinajstić information content (AvgIpc) is 2.64. The van der Waals surface area contributed by atoms with Crippen LogP contribution >= 0.6 is 0 Å². The highest BCUT2D eigenvalue weighted by Gasteiger charge is 2.31. The molecule has 144 valence electrons. The highest BCUT2D eigenvalue weighted by atomic mass is 16.5. The Morgan fingerprint density at radius 2 is 1.81 bits per heavy atom. The molecule has 0 saturated heterocycles. The molecule has 1 unspecified atom stereocenters. The summed E-state index contributed by atoms with van der Waals surface area (Å²) >= 11 is 0. The molecular formula is C22H27NO4. The Morgan fingerprint density at radius 3 is 2.37 bits per heavy atom. The van der Waals surface area contributed by atoms with Crippen molar-refractivity contribution in [2.24, 2.45) is 5.92 Å². The van der Waals surface area contributed by atoms with Gasteiger partial charge in [-0.3, -0.25) is 9.59 Å². The summed E-state index contributed by atoms with van der Waals surface area (Å²) in [5.41, 5.74) is 2.09. The third-order valence-electron chi connectivity index (χ3n) is 4.80. The van der Waals surface area contributed by atoms with E-state index in [1.165, 1.54) is 0 Å². The maximum Gasteiger partial charge on any atom is 0.308 e. The molecule has 2 aromatic carbocycles. The zero-order valence-corrected chi connectivity index (χ0v) is 16.3. The quantitative estimate of drug-likeness (QED) is 0.748. The summed E-state index contributed by atoms with van der Waals surface area (Å²) in [6.07, 6.45) is 0.375. The molecule has 0 aromatic heterocycles. The van der Waals surface area contributed by atoms with Gasteiger partial charge >= 0.3 is 5.97 Å². The van der Waals surface area contributed by atoms with Gasteiger partial charge in [-0.2, -0.15) is 0 Å². The Labute approximate surface area is 160 Å². The van der Waals surface area contributed by atoms with Crippen LogP contribution in [0, 0.1) is 12.8 Å². The van der Waals surface area contributed by atoms with Gasteiger partial charge in [0.05, 0.1) is 18.4 Å². The second-order valence-corrected chi connectivity index (χ2v) is 7.29. The standard InChI is InChI=1S/C22H27NO4/c1-15-6-5-7-16(12-15)13-17(20(24)25)14-23-21(26)22(2,3)18-8-10-19(27-4)11-9-18/h5-12,17H,13-14H2,1-4H3,(H,23,26)(H,24,25). The zero-order valence-electron chi connectivity index (χ0n) is 16.3. The van der Waals surface area contributed by atoms with Crippen LogP contribution in [-0.2, 0) is 21.4 Å². The number of carboxylic acids is 1. The van der Waals surface area contributed by atoms with Gasteiger partial charge in [0.25, 0.3) is 0 Å². The SMILES string of the molecule is COc1ccc(C(C)(C)C(=O)NCC(Cc2cccc(C)c2)C(=O)O)cc1. The molecule has 0 saturated carbocycles. The number of hydrogen-bond donors (Lipinski definition) is 2. The molecule has 0 fully saturated rings. The predicted octanol–water partition coefficient (Wildman–Crippen LogP) is 3.34. The number of methoxy groups -OCH3 is 1. The average molecular weight is 369 g/mol. The fraction of sp³-hybridized carbons (Fsp3) is 0.364. The van der Waals surface area contributed by atoms with Gasteiger partial charge < -0.3 is 15.2 Å². The predicted molar refractivity (Wildman–Crippen MR) is 105 cm³/mol. The molecule has 2 aromatic rings. The third-order valence-corrected chi connectivity index (χ3v) is 4.80. The maximum absolute atomic E-state index is 12.7. The number of aryl methyl sites for hydroxylation is 1. The summed E-state index contributed by atoms with van der Waals surface area (Å²) < 4.78 is 5.15. The Kier molecular flexibility index (Phi) is 6.61. The van der Waals surface area contributed by atoms with E-state index in [9.17, 15) is 14.7 Å². The second kappa shape index (κ2) is 8.71. The van der Waals surface area contributed by atoms with E-state index in [2.05, 4.69) is 5.32 Å². The molecule has 1 amide bonds. The highest BCUT2D eigenvalue weighted by Crippen LogP contribution is 2.25. The van der Waals surface area contributed by atoms with E-state index in [0.29, 0.717) is 6.42 Å².